The minimum Gasteiger partial charge on any atom is -0.349 e. The van der Waals surface area contributed by atoms with Crippen LogP contribution in [-0.2, 0) is 0 Å². The van der Waals surface area contributed by atoms with E-state index < -0.39 is 0 Å². The van der Waals surface area contributed by atoms with E-state index in [1.165, 1.54) is 0 Å². The molecule has 0 unspecified atom stereocenters. The Hall–Kier alpha value is -1.90. The zero-order valence-corrected chi connectivity index (χ0v) is 9.73. The molecule has 1 N–H and O–H groups in total. The quantitative estimate of drug-likeness (QED) is 0.854. The van der Waals surface area contributed by atoms with E-state index in [9.17, 15) is 4.79 Å². The van der Waals surface area contributed by atoms with Crippen molar-refractivity contribution in [2.75, 3.05) is 0 Å². The average Bonchev–Trinajstić information content (AvgIpc) is 3.12. The molecule has 1 saturated carbocycles. The number of fused-ring (bicyclic) bond motifs is 1. The second kappa shape index (κ2) is 3.84. The minimum absolute atomic E-state index is 0.00301. The molecule has 1 aliphatic rings. The number of aromatic nitrogens is 1. The van der Waals surface area contributed by atoms with E-state index in [-0.39, 0.29) is 5.91 Å². The van der Waals surface area contributed by atoms with Gasteiger partial charge < -0.3 is 5.32 Å². The smallest absolute Gasteiger partial charge is 0.253 e. The Kier molecular flexibility index (Phi) is 2.32. The molecule has 0 saturated heterocycles. The maximum absolute atomic E-state index is 12.0. The van der Waals surface area contributed by atoms with Gasteiger partial charge in [0.2, 0.25) is 0 Å². The normalized spacial score (nSPS) is 14.9. The lowest BCUT2D eigenvalue weighted by Gasteiger charge is -2.07. The van der Waals surface area contributed by atoms with Crippen molar-refractivity contribution in [1.29, 1.82) is 0 Å². The number of carbonyl (C=O) groups excluding carboxylic acids is 1. The number of para-hydroxylation sites is 1. The van der Waals surface area contributed by atoms with Gasteiger partial charge in [0.25, 0.3) is 5.91 Å². The molecule has 17 heavy (non-hydrogen) atoms. The maximum atomic E-state index is 12.0. The van der Waals surface area contributed by atoms with Crippen LogP contribution in [-0.4, -0.2) is 16.9 Å². The summed E-state index contributed by atoms with van der Waals surface area (Å²) in [5.41, 5.74) is 2.42. The third kappa shape index (κ3) is 2.00. The van der Waals surface area contributed by atoms with Gasteiger partial charge in [-0.25, -0.2) is 0 Å². The molecule has 1 aromatic heterocycles. The first-order valence-electron chi connectivity index (χ1n) is 5.91. The Labute approximate surface area is 99.9 Å². The minimum atomic E-state index is 0.00301. The van der Waals surface area contributed by atoms with Crippen molar-refractivity contribution in [2.24, 2.45) is 0 Å². The number of nitrogens with zero attached hydrogens (tertiary/aromatic N) is 1. The van der Waals surface area contributed by atoms with Crippen LogP contribution in [0.3, 0.4) is 0 Å². The zero-order valence-electron chi connectivity index (χ0n) is 9.73. The molecule has 3 heteroatoms. The van der Waals surface area contributed by atoms with Gasteiger partial charge in [0.05, 0.1) is 16.8 Å². The molecule has 1 amide bonds. The number of benzene rings is 1. The molecule has 0 radical (unpaired) electrons. The van der Waals surface area contributed by atoms with Gasteiger partial charge in [-0.3, -0.25) is 9.78 Å². The first-order chi connectivity index (χ1) is 8.24. The number of carbonyl (C=O) groups is 1. The third-order valence-electron chi connectivity index (χ3n) is 3.07. The lowest BCUT2D eigenvalue weighted by Crippen LogP contribution is -2.26. The molecule has 3 nitrogen and oxygen atoms in total. The molecule has 0 atom stereocenters. The summed E-state index contributed by atoms with van der Waals surface area (Å²) in [6, 6.07) is 10.2. The molecule has 2 aromatic rings. The Bertz CT molecular complexity index is 588. The van der Waals surface area contributed by atoms with Crippen LogP contribution in [0.25, 0.3) is 10.9 Å². The molecule has 0 bridgehead atoms. The molecule has 0 aliphatic heterocycles. The number of rotatable bonds is 2. The fourth-order valence-corrected chi connectivity index (χ4v) is 1.93. The number of nitrogens with one attached hydrogen (secondary N) is 1. The van der Waals surface area contributed by atoms with Gasteiger partial charge in [-0.2, -0.15) is 0 Å². The summed E-state index contributed by atoms with van der Waals surface area (Å²) in [6.07, 6.45) is 2.21. The molecule has 1 aromatic carbocycles. The molecule has 86 valence electrons. The lowest BCUT2D eigenvalue weighted by molar-refractivity contribution is 0.0950. The Balaban J connectivity index is 2.02. The van der Waals surface area contributed by atoms with E-state index in [1.807, 2.05) is 37.3 Å². The highest BCUT2D eigenvalue weighted by molar-refractivity contribution is 5.98. The van der Waals surface area contributed by atoms with Crippen molar-refractivity contribution in [3.05, 3.63) is 41.6 Å². The molecular formula is C14H14N2O. The number of hydrogen-bond donors (Lipinski definition) is 1. The van der Waals surface area contributed by atoms with Crippen LogP contribution in [0.1, 0.15) is 28.9 Å². The standard InChI is InChI=1S/C14H14N2O/c1-9-12(14(17)16-11-6-7-11)8-10-4-2-3-5-13(10)15-9/h2-5,8,11H,6-7H2,1H3,(H,16,17). The lowest BCUT2D eigenvalue weighted by atomic mass is 10.1. The molecule has 1 heterocycles. The predicted octanol–water partition coefficient (Wildman–Crippen LogP) is 2.44. The highest BCUT2D eigenvalue weighted by Gasteiger charge is 2.24. The van der Waals surface area contributed by atoms with Crippen LogP contribution >= 0.6 is 0 Å². The maximum Gasteiger partial charge on any atom is 0.253 e. The summed E-state index contributed by atoms with van der Waals surface area (Å²) in [4.78, 5) is 16.5. The monoisotopic (exact) mass is 226 g/mol. The average molecular weight is 226 g/mol. The fraction of sp³-hybridized carbons (Fsp3) is 0.286. The molecule has 1 aliphatic carbocycles. The van der Waals surface area contributed by atoms with Crippen LogP contribution in [0.4, 0.5) is 0 Å². The summed E-state index contributed by atoms with van der Waals surface area (Å²) in [6.45, 7) is 1.88. The van der Waals surface area contributed by atoms with Gasteiger partial charge in [0.15, 0.2) is 0 Å². The Morgan fingerprint density at radius 2 is 2.12 bits per heavy atom. The Morgan fingerprint density at radius 1 is 1.35 bits per heavy atom. The number of hydrogen-bond acceptors (Lipinski definition) is 2. The summed E-state index contributed by atoms with van der Waals surface area (Å²) >= 11 is 0. The third-order valence-corrected chi connectivity index (χ3v) is 3.07. The van der Waals surface area contributed by atoms with Crippen molar-refractivity contribution < 1.29 is 4.79 Å². The second-order valence-corrected chi connectivity index (χ2v) is 4.56. The van der Waals surface area contributed by atoms with E-state index in [1.54, 1.807) is 0 Å². The van der Waals surface area contributed by atoms with Crippen LogP contribution in [0.2, 0.25) is 0 Å². The number of amides is 1. The zero-order chi connectivity index (χ0) is 11.8. The van der Waals surface area contributed by atoms with Gasteiger partial charge in [-0.15, -0.1) is 0 Å². The van der Waals surface area contributed by atoms with E-state index in [2.05, 4.69) is 10.3 Å². The van der Waals surface area contributed by atoms with Crippen molar-refractivity contribution in [3.63, 3.8) is 0 Å². The largest absolute Gasteiger partial charge is 0.349 e. The summed E-state index contributed by atoms with van der Waals surface area (Å²) in [5, 5.41) is 4.01. The molecule has 0 spiro atoms. The predicted molar refractivity (Wildman–Crippen MR) is 67.0 cm³/mol. The van der Waals surface area contributed by atoms with Crippen LogP contribution in [0.5, 0.6) is 0 Å². The number of aryl methyl sites for hydroxylation is 1. The topological polar surface area (TPSA) is 42.0 Å². The van der Waals surface area contributed by atoms with E-state index in [4.69, 9.17) is 0 Å². The van der Waals surface area contributed by atoms with Crippen molar-refractivity contribution in [2.45, 2.75) is 25.8 Å². The van der Waals surface area contributed by atoms with Gasteiger partial charge in [-0.1, -0.05) is 18.2 Å². The first-order valence-corrected chi connectivity index (χ1v) is 5.91. The van der Waals surface area contributed by atoms with E-state index in [0.717, 1.165) is 29.4 Å². The van der Waals surface area contributed by atoms with E-state index >= 15 is 0 Å². The first kappa shape index (κ1) is 10.3. The summed E-state index contributed by atoms with van der Waals surface area (Å²) < 4.78 is 0. The SMILES string of the molecule is Cc1nc2ccccc2cc1C(=O)NC1CC1. The van der Waals surface area contributed by atoms with Crippen molar-refractivity contribution >= 4 is 16.8 Å². The Morgan fingerprint density at radius 3 is 2.88 bits per heavy atom. The number of pyridine rings is 1. The summed E-state index contributed by atoms with van der Waals surface area (Å²) in [7, 11) is 0. The van der Waals surface area contributed by atoms with Crippen LogP contribution in [0.15, 0.2) is 30.3 Å². The van der Waals surface area contributed by atoms with Crippen LogP contribution in [0, 0.1) is 6.92 Å². The van der Waals surface area contributed by atoms with Crippen molar-refractivity contribution in [3.8, 4) is 0 Å². The molecular weight excluding hydrogens is 212 g/mol. The van der Waals surface area contributed by atoms with Crippen molar-refractivity contribution in [1.82, 2.24) is 10.3 Å². The van der Waals surface area contributed by atoms with Gasteiger partial charge in [-0.05, 0) is 31.9 Å². The van der Waals surface area contributed by atoms with Gasteiger partial charge in [0, 0.05) is 11.4 Å². The highest BCUT2D eigenvalue weighted by atomic mass is 16.1. The molecule has 1 fully saturated rings. The van der Waals surface area contributed by atoms with Gasteiger partial charge >= 0.3 is 0 Å². The van der Waals surface area contributed by atoms with Crippen LogP contribution < -0.4 is 5.32 Å². The van der Waals surface area contributed by atoms with Gasteiger partial charge in [0.1, 0.15) is 0 Å². The molecule has 3 rings (SSSR count). The second-order valence-electron chi connectivity index (χ2n) is 4.56. The summed E-state index contributed by atoms with van der Waals surface area (Å²) in [5.74, 6) is 0.00301. The highest BCUT2D eigenvalue weighted by Crippen LogP contribution is 2.21. The fourth-order valence-electron chi connectivity index (χ4n) is 1.93. The van der Waals surface area contributed by atoms with E-state index in [0.29, 0.717) is 11.6 Å².